The van der Waals surface area contributed by atoms with Crippen molar-refractivity contribution >= 4 is 0 Å². The summed E-state index contributed by atoms with van der Waals surface area (Å²) in [6.45, 7) is 3.37. The van der Waals surface area contributed by atoms with Gasteiger partial charge in [0.05, 0.1) is 11.4 Å². The predicted molar refractivity (Wildman–Crippen MR) is 66.1 cm³/mol. The number of rotatable bonds is 2. The third kappa shape index (κ3) is 2.20. The molecule has 18 heavy (non-hydrogen) atoms. The first-order chi connectivity index (χ1) is 8.49. The number of aromatic nitrogens is 2. The van der Waals surface area contributed by atoms with Gasteiger partial charge in [0.15, 0.2) is 0 Å². The quantitative estimate of drug-likeness (QED) is 0.785. The first-order valence-electron chi connectivity index (χ1n) is 5.55. The fourth-order valence-corrected chi connectivity index (χ4v) is 1.68. The van der Waals surface area contributed by atoms with E-state index in [1.807, 2.05) is 0 Å². The zero-order valence-corrected chi connectivity index (χ0v) is 10.2. The number of benzene rings is 1. The Balaban J connectivity index is 2.41. The Kier molecular flexibility index (Phi) is 3.06. The Hall–Kier alpha value is -2.30. The predicted octanol–water partition coefficient (Wildman–Crippen LogP) is 1.39. The Morgan fingerprint density at radius 2 is 1.83 bits per heavy atom. The van der Waals surface area contributed by atoms with Gasteiger partial charge in [-0.3, -0.25) is 4.79 Å². The summed E-state index contributed by atoms with van der Waals surface area (Å²) in [5.41, 5.74) is 1.68. The summed E-state index contributed by atoms with van der Waals surface area (Å²) < 4.78 is 0.623. The lowest BCUT2D eigenvalue weighted by atomic mass is 10.1. The highest BCUT2D eigenvalue weighted by atomic mass is 16.5. The van der Waals surface area contributed by atoms with Gasteiger partial charge < -0.3 is 10.3 Å². The Morgan fingerprint density at radius 1 is 1.22 bits per heavy atom. The van der Waals surface area contributed by atoms with Gasteiger partial charge in [-0.15, -0.1) is 4.73 Å². The van der Waals surface area contributed by atoms with Crippen LogP contribution in [0.3, 0.4) is 0 Å². The average Bonchev–Trinajstić information content (AvgIpc) is 2.36. The largest absolute Gasteiger partial charge is 0.508 e. The van der Waals surface area contributed by atoms with Crippen molar-refractivity contribution in [2.75, 3.05) is 0 Å². The Morgan fingerprint density at radius 3 is 2.44 bits per heavy atom. The van der Waals surface area contributed by atoms with Crippen molar-refractivity contribution in [3.8, 4) is 5.75 Å². The van der Waals surface area contributed by atoms with Gasteiger partial charge in [0.1, 0.15) is 11.4 Å². The van der Waals surface area contributed by atoms with E-state index in [9.17, 15) is 15.1 Å². The minimum atomic E-state index is -0.508. The van der Waals surface area contributed by atoms with Crippen LogP contribution in [0, 0.1) is 13.8 Å². The molecule has 0 bridgehead atoms. The van der Waals surface area contributed by atoms with Crippen LogP contribution < -0.4 is 5.56 Å². The topological polar surface area (TPSA) is 75.4 Å². The molecule has 0 saturated carbocycles. The van der Waals surface area contributed by atoms with Gasteiger partial charge >= 0.3 is 5.56 Å². The van der Waals surface area contributed by atoms with E-state index in [0.717, 1.165) is 5.56 Å². The maximum atomic E-state index is 11.8. The number of phenolic OH excluding ortho intramolecular Hbond substituents is 1. The standard InChI is InChI=1S/C13H14N2O3/c1-8-9(2)15(18)13(17)12(14-8)7-10-3-5-11(16)6-4-10/h3-6,16,18H,7H2,1-2H3. The number of nitrogens with zero attached hydrogens (tertiary/aromatic N) is 2. The lowest BCUT2D eigenvalue weighted by molar-refractivity contribution is 0.165. The molecule has 5 heteroatoms. The molecule has 0 aliphatic rings. The van der Waals surface area contributed by atoms with Gasteiger partial charge in [0.2, 0.25) is 0 Å². The van der Waals surface area contributed by atoms with Crippen molar-refractivity contribution in [2.45, 2.75) is 20.3 Å². The highest BCUT2D eigenvalue weighted by molar-refractivity contribution is 5.28. The van der Waals surface area contributed by atoms with E-state index in [-0.39, 0.29) is 11.4 Å². The van der Waals surface area contributed by atoms with Gasteiger partial charge in [0.25, 0.3) is 0 Å². The summed E-state index contributed by atoms with van der Waals surface area (Å²) in [4.78, 5) is 16.0. The molecule has 1 heterocycles. The smallest absolute Gasteiger partial charge is 0.305 e. The number of hydrogen-bond donors (Lipinski definition) is 2. The highest BCUT2D eigenvalue weighted by Crippen LogP contribution is 2.12. The van der Waals surface area contributed by atoms with Crippen molar-refractivity contribution in [1.82, 2.24) is 9.71 Å². The summed E-state index contributed by atoms with van der Waals surface area (Å²) >= 11 is 0. The van der Waals surface area contributed by atoms with E-state index in [4.69, 9.17) is 0 Å². The SMILES string of the molecule is Cc1nc(Cc2ccc(O)cc2)c(=O)n(O)c1C. The fraction of sp³-hybridized carbons (Fsp3) is 0.231. The molecule has 0 atom stereocenters. The van der Waals surface area contributed by atoms with Gasteiger partial charge in [-0.1, -0.05) is 12.1 Å². The van der Waals surface area contributed by atoms with Crippen LogP contribution in [-0.4, -0.2) is 20.0 Å². The number of aryl methyl sites for hydroxylation is 1. The van der Waals surface area contributed by atoms with Gasteiger partial charge in [-0.05, 0) is 31.5 Å². The van der Waals surface area contributed by atoms with Crippen LogP contribution in [0.2, 0.25) is 0 Å². The first kappa shape index (κ1) is 12.2. The average molecular weight is 246 g/mol. The Labute approximate surface area is 104 Å². The summed E-state index contributed by atoms with van der Waals surface area (Å²) in [5, 5.41) is 18.8. The normalized spacial score (nSPS) is 10.6. The summed E-state index contributed by atoms with van der Waals surface area (Å²) in [7, 11) is 0. The molecule has 2 N–H and O–H groups in total. The van der Waals surface area contributed by atoms with Crippen LogP contribution in [0.25, 0.3) is 0 Å². The number of aromatic hydroxyl groups is 1. The fourth-order valence-electron chi connectivity index (χ4n) is 1.68. The summed E-state index contributed by atoms with van der Waals surface area (Å²) in [6, 6.07) is 6.53. The van der Waals surface area contributed by atoms with Crippen LogP contribution in [0.1, 0.15) is 22.6 Å². The lowest BCUT2D eigenvalue weighted by Crippen LogP contribution is -2.26. The molecule has 0 spiro atoms. The van der Waals surface area contributed by atoms with E-state index in [1.165, 1.54) is 0 Å². The van der Waals surface area contributed by atoms with E-state index >= 15 is 0 Å². The summed E-state index contributed by atoms with van der Waals surface area (Å²) in [6.07, 6.45) is 0.320. The molecule has 94 valence electrons. The van der Waals surface area contributed by atoms with E-state index in [2.05, 4.69) is 4.98 Å². The summed E-state index contributed by atoms with van der Waals surface area (Å²) in [5.74, 6) is 0.173. The second-order valence-corrected chi connectivity index (χ2v) is 4.19. The third-order valence-corrected chi connectivity index (χ3v) is 2.89. The van der Waals surface area contributed by atoms with Gasteiger partial charge in [0, 0.05) is 6.42 Å². The van der Waals surface area contributed by atoms with E-state index in [0.29, 0.717) is 22.5 Å². The molecule has 0 radical (unpaired) electrons. The van der Waals surface area contributed by atoms with Crippen molar-refractivity contribution in [1.29, 1.82) is 0 Å². The number of hydrogen-bond acceptors (Lipinski definition) is 4. The molecule has 1 aromatic carbocycles. The molecule has 1 aromatic heterocycles. The first-order valence-corrected chi connectivity index (χ1v) is 5.55. The van der Waals surface area contributed by atoms with Crippen molar-refractivity contribution in [2.24, 2.45) is 0 Å². The maximum absolute atomic E-state index is 11.8. The second kappa shape index (κ2) is 4.52. The van der Waals surface area contributed by atoms with Crippen molar-refractivity contribution in [3.05, 3.63) is 57.3 Å². The Bertz CT molecular complexity index is 630. The molecule has 0 aliphatic carbocycles. The molecule has 2 rings (SSSR count). The van der Waals surface area contributed by atoms with Crippen molar-refractivity contribution in [3.63, 3.8) is 0 Å². The lowest BCUT2D eigenvalue weighted by Gasteiger charge is -2.08. The zero-order chi connectivity index (χ0) is 13.3. The molecule has 0 unspecified atom stereocenters. The molecule has 0 fully saturated rings. The van der Waals surface area contributed by atoms with Crippen LogP contribution >= 0.6 is 0 Å². The molecule has 5 nitrogen and oxygen atoms in total. The molecular formula is C13H14N2O3. The van der Waals surface area contributed by atoms with E-state index in [1.54, 1.807) is 38.1 Å². The molecule has 0 amide bonds. The van der Waals surface area contributed by atoms with Gasteiger partial charge in [-0.2, -0.15) is 0 Å². The minimum absolute atomic E-state index is 0.173. The van der Waals surface area contributed by atoms with Crippen LogP contribution in [-0.2, 0) is 6.42 Å². The zero-order valence-electron chi connectivity index (χ0n) is 10.2. The van der Waals surface area contributed by atoms with Gasteiger partial charge in [-0.25, -0.2) is 4.98 Å². The third-order valence-electron chi connectivity index (χ3n) is 2.89. The number of phenols is 1. The van der Waals surface area contributed by atoms with Crippen LogP contribution in [0.5, 0.6) is 5.75 Å². The molecule has 2 aromatic rings. The second-order valence-electron chi connectivity index (χ2n) is 4.19. The van der Waals surface area contributed by atoms with Crippen LogP contribution in [0.4, 0.5) is 0 Å². The van der Waals surface area contributed by atoms with Crippen molar-refractivity contribution < 1.29 is 10.3 Å². The van der Waals surface area contributed by atoms with Crippen LogP contribution in [0.15, 0.2) is 29.1 Å². The monoisotopic (exact) mass is 246 g/mol. The molecule has 0 saturated heterocycles. The highest BCUT2D eigenvalue weighted by Gasteiger charge is 2.10. The molecule has 0 aliphatic heterocycles. The molecular weight excluding hydrogens is 232 g/mol. The van der Waals surface area contributed by atoms with E-state index < -0.39 is 5.56 Å². The maximum Gasteiger partial charge on any atom is 0.305 e. The minimum Gasteiger partial charge on any atom is -0.508 e.